The van der Waals surface area contributed by atoms with E-state index in [1.54, 1.807) is 0 Å². The summed E-state index contributed by atoms with van der Waals surface area (Å²) in [4.78, 5) is 0. The third kappa shape index (κ3) is 8.50. The zero-order valence-corrected chi connectivity index (χ0v) is 20.3. The Morgan fingerprint density at radius 3 is 2.26 bits per heavy atom. The Hall–Kier alpha value is -0.933. The van der Waals surface area contributed by atoms with Gasteiger partial charge in [-0.2, -0.15) is 13.2 Å². The molecule has 1 aromatic carbocycles. The first-order valence-electron chi connectivity index (χ1n) is 11.0. The third-order valence-corrected chi connectivity index (χ3v) is 10.8. The summed E-state index contributed by atoms with van der Waals surface area (Å²) in [5.41, 5.74) is -0.00772. The zero-order chi connectivity index (χ0) is 23.3. The zero-order valence-electron chi connectivity index (χ0n) is 19.3. The number of benzene rings is 1. The predicted octanol–water partition coefficient (Wildman–Crippen LogP) is 5.93. The SMILES string of the molecule is CC(C)(C)[Si](C)(C)OCC(CO[C@@H]1CCC[C@H](O)C1)OCc1ccc(C(F)(F)F)cc1. The average molecular weight is 463 g/mol. The number of halogens is 3. The number of hydrogen-bond acceptors (Lipinski definition) is 4. The molecule has 0 spiro atoms. The molecule has 8 heteroatoms. The van der Waals surface area contributed by atoms with Gasteiger partial charge in [0.25, 0.3) is 0 Å². The van der Waals surface area contributed by atoms with Crippen molar-refractivity contribution in [1.82, 2.24) is 0 Å². The van der Waals surface area contributed by atoms with Crippen LogP contribution in [0, 0.1) is 0 Å². The van der Waals surface area contributed by atoms with Gasteiger partial charge in [0.2, 0.25) is 0 Å². The van der Waals surface area contributed by atoms with E-state index in [1.807, 2.05) is 0 Å². The fourth-order valence-corrected chi connectivity index (χ4v) is 4.22. The number of aliphatic hydroxyl groups excluding tert-OH is 1. The van der Waals surface area contributed by atoms with Crippen molar-refractivity contribution in [2.45, 2.75) is 95.7 Å². The van der Waals surface area contributed by atoms with Crippen molar-refractivity contribution in [2.75, 3.05) is 13.2 Å². The Balaban J connectivity index is 1.97. The number of alkyl halides is 3. The molecular formula is C23H37F3O4Si. The fourth-order valence-electron chi connectivity index (χ4n) is 3.18. The minimum absolute atomic E-state index is 0.00575. The minimum atomic E-state index is -4.35. The summed E-state index contributed by atoms with van der Waals surface area (Å²) in [5, 5.41) is 9.92. The highest BCUT2D eigenvalue weighted by molar-refractivity contribution is 6.74. The van der Waals surface area contributed by atoms with Gasteiger partial charge >= 0.3 is 6.18 Å². The molecule has 0 aromatic heterocycles. The number of rotatable bonds is 9. The van der Waals surface area contributed by atoms with E-state index < -0.39 is 20.1 Å². The van der Waals surface area contributed by atoms with E-state index in [0.29, 0.717) is 25.2 Å². The van der Waals surface area contributed by atoms with E-state index in [9.17, 15) is 18.3 Å². The van der Waals surface area contributed by atoms with Crippen LogP contribution < -0.4 is 0 Å². The van der Waals surface area contributed by atoms with Gasteiger partial charge in [0.05, 0.1) is 37.6 Å². The Morgan fingerprint density at radius 1 is 1.06 bits per heavy atom. The molecule has 1 N–H and O–H groups in total. The molecule has 31 heavy (non-hydrogen) atoms. The van der Waals surface area contributed by atoms with E-state index in [0.717, 1.165) is 31.4 Å². The molecule has 0 bridgehead atoms. The van der Waals surface area contributed by atoms with E-state index in [-0.39, 0.29) is 30.0 Å². The molecule has 3 atom stereocenters. The van der Waals surface area contributed by atoms with Crippen molar-refractivity contribution in [3.05, 3.63) is 35.4 Å². The van der Waals surface area contributed by atoms with Crippen molar-refractivity contribution in [2.24, 2.45) is 0 Å². The largest absolute Gasteiger partial charge is 0.416 e. The fraction of sp³-hybridized carbons (Fsp3) is 0.739. The highest BCUT2D eigenvalue weighted by Crippen LogP contribution is 2.36. The molecule has 0 aliphatic heterocycles. The average Bonchev–Trinajstić information content (AvgIpc) is 2.66. The van der Waals surface area contributed by atoms with Crippen LogP contribution in [-0.2, 0) is 26.7 Å². The summed E-state index contributed by atoms with van der Waals surface area (Å²) in [6.45, 7) is 11.7. The summed E-state index contributed by atoms with van der Waals surface area (Å²) in [7, 11) is -1.98. The van der Waals surface area contributed by atoms with Crippen LogP contribution in [0.2, 0.25) is 18.1 Å². The van der Waals surface area contributed by atoms with Crippen molar-refractivity contribution in [3.8, 4) is 0 Å². The lowest BCUT2D eigenvalue weighted by atomic mass is 9.95. The van der Waals surface area contributed by atoms with E-state index in [1.165, 1.54) is 12.1 Å². The smallest absolute Gasteiger partial charge is 0.414 e. The normalized spacial score (nSPS) is 21.8. The summed E-state index contributed by atoms with van der Waals surface area (Å²) in [6.07, 6.45) is -1.75. The van der Waals surface area contributed by atoms with Gasteiger partial charge in [-0.05, 0) is 61.5 Å². The third-order valence-electron chi connectivity index (χ3n) is 6.32. The molecule has 0 saturated heterocycles. The Morgan fingerprint density at radius 2 is 1.71 bits per heavy atom. The van der Waals surface area contributed by atoms with Gasteiger partial charge in [0.1, 0.15) is 6.10 Å². The first kappa shape index (κ1) is 26.3. The van der Waals surface area contributed by atoms with Crippen LogP contribution in [0.25, 0.3) is 0 Å². The first-order chi connectivity index (χ1) is 14.3. The molecule has 0 heterocycles. The highest BCUT2D eigenvalue weighted by Gasteiger charge is 2.38. The summed E-state index contributed by atoms with van der Waals surface area (Å²) in [6, 6.07) is 5.01. The van der Waals surface area contributed by atoms with Crippen molar-refractivity contribution >= 4 is 8.32 Å². The van der Waals surface area contributed by atoms with E-state index in [4.69, 9.17) is 13.9 Å². The topological polar surface area (TPSA) is 47.9 Å². The van der Waals surface area contributed by atoms with Crippen LogP contribution in [0.5, 0.6) is 0 Å². The molecular weight excluding hydrogens is 425 g/mol. The Kier molecular flexibility index (Phi) is 9.16. The molecule has 4 nitrogen and oxygen atoms in total. The maximum absolute atomic E-state index is 12.8. The molecule has 1 aliphatic carbocycles. The van der Waals surface area contributed by atoms with Gasteiger partial charge in [-0.1, -0.05) is 32.9 Å². The summed E-state index contributed by atoms with van der Waals surface area (Å²) >= 11 is 0. The number of ether oxygens (including phenoxy) is 2. The Labute approximate surface area is 185 Å². The van der Waals surface area contributed by atoms with Gasteiger partial charge < -0.3 is 19.0 Å². The summed E-state index contributed by atoms with van der Waals surface area (Å²) in [5.74, 6) is 0. The molecule has 0 radical (unpaired) electrons. The van der Waals surface area contributed by atoms with E-state index in [2.05, 4.69) is 33.9 Å². The van der Waals surface area contributed by atoms with Crippen LogP contribution in [0.4, 0.5) is 13.2 Å². The number of hydrogen-bond donors (Lipinski definition) is 1. The standard InChI is InChI=1S/C23H37F3O4Si/c1-22(2,3)31(4,5)30-16-21(15-29-20-8-6-7-19(27)13-20)28-14-17-9-11-18(12-10-17)23(24,25)26/h9-12,19-21,27H,6-8,13-16H2,1-5H3/t19-,20+,21?/m0/s1. The van der Waals surface area contributed by atoms with E-state index >= 15 is 0 Å². The molecule has 2 rings (SSSR count). The first-order valence-corrected chi connectivity index (χ1v) is 13.9. The molecule has 1 fully saturated rings. The van der Waals surface area contributed by atoms with Gasteiger partial charge in [0, 0.05) is 0 Å². The second kappa shape index (κ2) is 10.8. The molecule has 1 aliphatic rings. The minimum Gasteiger partial charge on any atom is -0.414 e. The van der Waals surface area contributed by atoms with Crippen molar-refractivity contribution < 1.29 is 32.2 Å². The second-order valence-electron chi connectivity index (χ2n) is 9.97. The maximum Gasteiger partial charge on any atom is 0.416 e. The Bertz CT molecular complexity index is 671. The van der Waals surface area contributed by atoms with Gasteiger partial charge in [-0.25, -0.2) is 0 Å². The molecule has 0 amide bonds. The van der Waals surface area contributed by atoms with Crippen LogP contribution in [0.1, 0.15) is 57.6 Å². The van der Waals surface area contributed by atoms with Gasteiger partial charge in [-0.15, -0.1) is 0 Å². The quantitative estimate of drug-likeness (QED) is 0.462. The number of aliphatic hydroxyl groups is 1. The maximum atomic E-state index is 12.8. The lowest BCUT2D eigenvalue weighted by Gasteiger charge is -2.37. The molecule has 1 saturated carbocycles. The van der Waals surface area contributed by atoms with Crippen LogP contribution >= 0.6 is 0 Å². The van der Waals surface area contributed by atoms with Crippen LogP contribution in [0.15, 0.2) is 24.3 Å². The molecule has 178 valence electrons. The van der Waals surface area contributed by atoms with Crippen molar-refractivity contribution in [3.63, 3.8) is 0 Å². The van der Waals surface area contributed by atoms with Gasteiger partial charge in [0.15, 0.2) is 8.32 Å². The summed E-state index contributed by atoms with van der Waals surface area (Å²) < 4.78 is 56.6. The molecule has 1 unspecified atom stereocenters. The monoisotopic (exact) mass is 462 g/mol. The highest BCUT2D eigenvalue weighted by atomic mass is 28.4. The lowest BCUT2D eigenvalue weighted by Crippen LogP contribution is -2.44. The molecule has 1 aromatic rings. The van der Waals surface area contributed by atoms with Crippen molar-refractivity contribution in [1.29, 1.82) is 0 Å². The van der Waals surface area contributed by atoms with Crippen LogP contribution in [-0.4, -0.2) is 44.9 Å². The van der Waals surface area contributed by atoms with Gasteiger partial charge in [-0.3, -0.25) is 0 Å². The second-order valence-corrected chi connectivity index (χ2v) is 14.8. The van der Waals surface area contributed by atoms with Crippen LogP contribution in [0.3, 0.4) is 0 Å². The predicted molar refractivity (Wildman–Crippen MR) is 117 cm³/mol. The lowest BCUT2D eigenvalue weighted by molar-refractivity contribution is -0.137.